The fourth-order valence-corrected chi connectivity index (χ4v) is 3.26. The second-order valence-corrected chi connectivity index (χ2v) is 7.76. The summed E-state index contributed by atoms with van der Waals surface area (Å²) in [5.41, 5.74) is 5.30. The van der Waals surface area contributed by atoms with Crippen LogP contribution in [-0.4, -0.2) is 15.7 Å². The van der Waals surface area contributed by atoms with E-state index in [2.05, 4.69) is 47.3 Å². The molecule has 28 heavy (non-hydrogen) atoms. The molecule has 0 fully saturated rings. The maximum Gasteiger partial charge on any atom is 0.106 e. The van der Waals surface area contributed by atoms with Crippen LogP contribution in [0.15, 0.2) is 55.3 Å². The van der Waals surface area contributed by atoms with Crippen molar-refractivity contribution in [1.29, 1.82) is 0 Å². The van der Waals surface area contributed by atoms with Crippen molar-refractivity contribution in [2.45, 2.75) is 60.6 Å². The zero-order valence-electron chi connectivity index (χ0n) is 18.1. The van der Waals surface area contributed by atoms with Crippen LogP contribution in [0.5, 0.6) is 0 Å². The van der Waals surface area contributed by atoms with Gasteiger partial charge in [-0.05, 0) is 64.3 Å². The highest BCUT2D eigenvalue weighted by atomic mass is 19.1. The minimum absolute atomic E-state index is 0.641. The lowest BCUT2D eigenvalue weighted by molar-refractivity contribution is 0.221. The van der Waals surface area contributed by atoms with Crippen molar-refractivity contribution in [3.63, 3.8) is 0 Å². The van der Waals surface area contributed by atoms with Crippen LogP contribution < -0.4 is 0 Å². The van der Waals surface area contributed by atoms with E-state index >= 15 is 0 Å². The van der Waals surface area contributed by atoms with E-state index in [1.165, 1.54) is 0 Å². The Morgan fingerprint density at radius 2 is 1.96 bits per heavy atom. The number of fused-ring (bicyclic) bond motifs is 1. The number of alkyl halides is 1. The maximum absolute atomic E-state index is 14.2. The molecule has 150 valence electrons. The second-order valence-electron chi connectivity index (χ2n) is 7.76. The molecular formula is C25H33FN2. The van der Waals surface area contributed by atoms with E-state index < -0.39 is 11.6 Å². The van der Waals surface area contributed by atoms with Crippen molar-refractivity contribution < 1.29 is 4.39 Å². The van der Waals surface area contributed by atoms with Gasteiger partial charge in [0.1, 0.15) is 6.17 Å². The van der Waals surface area contributed by atoms with Crippen molar-refractivity contribution in [3.05, 3.63) is 66.5 Å². The average Bonchev–Trinajstić information content (AvgIpc) is 2.99. The number of allylic oxidation sites excluding steroid dienone is 7. The Hall–Kier alpha value is -2.42. The Morgan fingerprint density at radius 3 is 2.50 bits per heavy atom. The third-order valence-corrected chi connectivity index (χ3v) is 5.60. The predicted molar refractivity (Wildman–Crippen MR) is 121 cm³/mol. The van der Waals surface area contributed by atoms with Gasteiger partial charge >= 0.3 is 0 Å². The molecule has 1 aliphatic carbocycles. The Bertz CT molecular complexity index is 919. The summed E-state index contributed by atoms with van der Waals surface area (Å²) in [6.45, 7) is 15.7. The molecule has 0 aliphatic heterocycles. The van der Waals surface area contributed by atoms with Gasteiger partial charge in [-0.2, -0.15) is 0 Å². The van der Waals surface area contributed by atoms with Gasteiger partial charge in [0.2, 0.25) is 0 Å². The van der Waals surface area contributed by atoms with Gasteiger partial charge in [-0.1, -0.05) is 44.7 Å². The van der Waals surface area contributed by atoms with E-state index in [9.17, 15) is 4.39 Å². The van der Waals surface area contributed by atoms with Crippen LogP contribution in [0.25, 0.3) is 22.3 Å². The van der Waals surface area contributed by atoms with E-state index in [-0.39, 0.29) is 0 Å². The first kappa shape index (κ1) is 21.9. The highest BCUT2D eigenvalue weighted by Crippen LogP contribution is 2.43. The minimum atomic E-state index is -0.986. The number of aromatic nitrogens is 2. The fraction of sp³-hybridized carbons (Fsp3) is 0.400. The minimum Gasteiger partial charge on any atom is -0.312 e. The summed E-state index contributed by atoms with van der Waals surface area (Å²) in [6, 6.07) is 4.02. The summed E-state index contributed by atoms with van der Waals surface area (Å²) in [6.07, 6.45) is 13.5. The number of hydrogen-bond donors (Lipinski definition) is 0. The molecule has 2 aromatic heterocycles. The molecule has 0 aromatic carbocycles. The molecule has 3 heteroatoms. The van der Waals surface area contributed by atoms with Gasteiger partial charge in [0.25, 0.3) is 0 Å². The van der Waals surface area contributed by atoms with Crippen molar-refractivity contribution in [2.75, 3.05) is 0 Å². The Labute approximate surface area is 169 Å². The fourth-order valence-electron chi connectivity index (χ4n) is 3.26. The van der Waals surface area contributed by atoms with E-state index in [4.69, 9.17) is 0 Å². The largest absolute Gasteiger partial charge is 0.312 e. The molecule has 0 amide bonds. The first-order valence-corrected chi connectivity index (χ1v) is 10.0. The number of pyridine rings is 1. The third-order valence-electron chi connectivity index (χ3n) is 5.60. The lowest BCUT2D eigenvalue weighted by Gasteiger charge is -2.29. The first-order valence-electron chi connectivity index (χ1n) is 10.0. The molecule has 0 saturated carbocycles. The molecule has 0 bridgehead atoms. The van der Waals surface area contributed by atoms with Gasteiger partial charge in [0, 0.05) is 28.6 Å². The Balaban J connectivity index is 0.000000640. The van der Waals surface area contributed by atoms with Gasteiger partial charge in [-0.3, -0.25) is 4.98 Å². The summed E-state index contributed by atoms with van der Waals surface area (Å²) in [5.74, 6) is 0. The van der Waals surface area contributed by atoms with Crippen molar-refractivity contribution in [3.8, 4) is 0 Å². The number of hydrogen-bond acceptors (Lipinski definition) is 1. The summed E-state index contributed by atoms with van der Waals surface area (Å²) in [7, 11) is 0. The molecule has 1 atom stereocenters. The lowest BCUT2D eigenvalue weighted by Crippen LogP contribution is -2.24. The van der Waals surface area contributed by atoms with Crippen LogP contribution in [0, 0.1) is 12.3 Å². The topological polar surface area (TPSA) is 17.8 Å². The molecule has 3 rings (SSSR count). The van der Waals surface area contributed by atoms with E-state index in [1.54, 1.807) is 13.1 Å². The molecule has 2 heterocycles. The van der Waals surface area contributed by atoms with Crippen molar-refractivity contribution in [2.24, 2.45) is 5.41 Å². The SMILES string of the molecule is C=C(c1c(C)n(C2=CCCC=C2)c2cccnc12)C(C)(C)[C@@H](C)F.CC=CC. The highest BCUT2D eigenvalue weighted by molar-refractivity contribution is 5.95. The number of nitrogens with zero attached hydrogens (tertiary/aromatic N) is 2. The van der Waals surface area contributed by atoms with Gasteiger partial charge in [-0.15, -0.1) is 0 Å². The summed E-state index contributed by atoms with van der Waals surface area (Å²) < 4.78 is 16.4. The molecule has 0 N–H and O–H groups in total. The van der Waals surface area contributed by atoms with Crippen LogP contribution in [0.4, 0.5) is 4.39 Å². The molecule has 0 unspecified atom stereocenters. The quantitative estimate of drug-likeness (QED) is 0.502. The first-order chi connectivity index (χ1) is 13.3. The van der Waals surface area contributed by atoms with Crippen LogP contribution in [0.3, 0.4) is 0 Å². The van der Waals surface area contributed by atoms with E-state index in [0.29, 0.717) is 0 Å². The standard InChI is InChI=1S/C21H25FN2.C4H8/c1-14(21(4,5)16(3)22)19-15(2)24(17-10-7-6-8-11-17)18-12-9-13-23-20(18)19;1-3-4-2/h7,9-13,16H,1,6,8H2,2-5H3;3-4H,1-2H3/t16-;/m1./s1. The predicted octanol–water partition coefficient (Wildman–Crippen LogP) is 7.52. The zero-order valence-corrected chi connectivity index (χ0v) is 18.1. The normalized spacial score (nSPS) is 15.3. The van der Waals surface area contributed by atoms with E-state index in [1.807, 2.05) is 45.9 Å². The van der Waals surface area contributed by atoms with Crippen LogP contribution in [-0.2, 0) is 0 Å². The average molecular weight is 381 g/mol. The summed E-state index contributed by atoms with van der Waals surface area (Å²) >= 11 is 0. The zero-order chi connectivity index (χ0) is 20.9. The van der Waals surface area contributed by atoms with Gasteiger partial charge in [-0.25, -0.2) is 4.39 Å². The Kier molecular flexibility index (Phi) is 7.17. The van der Waals surface area contributed by atoms with Gasteiger partial charge in [0.15, 0.2) is 0 Å². The lowest BCUT2D eigenvalue weighted by atomic mass is 9.77. The molecule has 2 aromatic rings. The monoisotopic (exact) mass is 380 g/mol. The molecule has 0 spiro atoms. The van der Waals surface area contributed by atoms with E-state index in [0.717, 1.165) is 46.4 Å². The van der Waals surface area contributed by atoms with Crippen molar-refractivity contribution >= 4 is 22.3 Å². The summed E-state index contributed by atoms with van der Waals surface area (Å²) in [5, 5.41) is 0. The van der Waals surface area contributed by atoms with Crippen LogP contribution >= 0.6 is 0 Å². The van der Waals surface area contributed by atoms with Gasteiger partial charge in [0.05, 0.1) is 11.0 Å². The van der Waals surface area contributed by atoms with Gasteiger partial charge < -0.3 is 4.57 Å². The molecule has 0 saturated heterocycles. The smallest absolute Gasteiger partial charge is 0.106 e. The Morgan fingerprint density at radius 1 is 1.29 bits per heavy atom. The molecule has 1 aliphatic rings. The second kappa shape index (κ2) is 9.18. The van der Waals surface area contributed by atoms with Crippen LogP contribution in [0.2, 0.25) is 0 Å². The number of halogens is 1. The highest BCUT2D eigenvalue weighted by Gasteiger charge is 2.33. The third kappa shape index (κ3) is 4.19. The van der Waals surface area contributed by atoms with Crippen LogP contribution in [0.1, 0.15) is 58.7 Å². The number of rotatable bonds is 4. The molecular weight excluding hydrogens is 347 g/mol. The molecule has 0 radical (unpaired) electrons. The van der Waals surface area contributed by atoms with Crippen molar-refractivity contribution in [1.82, 2.24) is 9.55 Å². The summed E-state index contributed by atoms with van der Waals surface area (Å²) in [4.78, 5) is 4.60. The molecule has 2 nitrogen and oxygen atoms in total. The maximum atomic E-state index is 14.2.